The van der Waals surface area contributed by atoms with Gasteiger partial charge in [0.25, 0.3) is 0 Å². The Labute approximate surface area is 144 Å². The molecule has 0 spiro atoms. The number of amides is 3. The molecule has 2 aliphatic carbocycles. The standard InChI is InChI=1S/C18H32N4O2/c19-16-9-8-13-11-22(12-15(13)16)17(23)7-4-10-20-18(24)21-14-5-2-1-3-6-14/h13-16H,1-12,19H2,(H2,20,21,24). The van der Waals surface area contributed by atoms with Crippen LogP contribution in [0.5, 0.6) is 0 Å². The summed E-state index contributed by atoms with van der Waals surface area (Å²) in [7, 11) is 0. The van der Waals surface area contributed by atoms with Crippen LogP contribution in [0.1, 0.15) is 57.8 Å². The van der Waals surface area contributed by atoms with Gasteiger partial charge in [-0.3, -0.25) is 4.79 Å². The maximum Gasteiger partial charge on any atom is 0.315 e. The zero-order valence-electron chi connectivity index (χ0n) is 14.6. The maximum absolute atomic E-state index is 12.3. The van der Waals surface area contributed by atoms with E-state index in [0.717, 1.165) is 32.4 Å². The molecule has 6 heteroatoms. The van der Waals surface area contributed by atoms with Crippen molar-refractivity contribution in [3.63, 3.8) is 0 Å². The molecule has 1 heterocycles. The minimum Gasteiger partial charge on any atom is -0.342 e. The van der Waals surface area contributed by atoms with Crippen LogP contribution < -0.4 is 16.4 Å². The average Bonchev–Trinajstić information content (AvgIpc) is 3.15. The fourth-order valence-electron chi connectivity index (χ4n) is 4.59. The number of rotatable bonds is 5. The Balaban J connectivity index is 1.28. The molecule has 3 amide bonds. The monoisotopic (exact) mass is 336 g/mol. The molecule has 0 aromatic rings. The minimum atomic E-state index is -0.0870. The van der Waals surface area contributed by atoms with E-state index in [4.69, 9.17) is 5.73 Å². The van der Waals surface area contributed by atoms with Gasteiger partial charge in [-0.15, -0.1) is 0 Å². The summed E-state index contributed by atoms with van der Waals surface area (Å²) < 4.78 is 0. The summed E-state index contributed by atoms with van der Waals surface area (Å²) in [5, 5.41) is 5.92. The van der Waals surface area contributed by atoms with Crippen LogP contribution >= 0.6 is 0 Å². The van der Waals surface area contributed by atoms with Crippen LogP contribution in [-0.2, 0) is 4.79 Å². The molecule has 3 fully saturated rings. The number of carbonyl (C=O) groups is 2. The van der Waals surface area contributed by atoms with Crippen molar-refractivity contribution in [2.24, 2.45) is 17.6 Å². The Morgan fingerprint density at radius 1 is 1.04 bits per heavy atom. The van der Waals surface area contributed by atoms with Crippen molar-refractivity contribution in [3.8, 4) is 0 Å². The van der Waals surface area contributed by atoms with Crippen molar-refractivity contribution in [1.29, 1.82) is 0 Å². The minimum absolute atomic E-state index is 0.0870. The van der Waals surface area contributed by atoms with Crippen molar-refractivity contribution >= 4 is 11.9 Å². The molecule has 136 valence electrons. The molecular formula is C18H32N4O2. The number of nitrogens with two attached hydrogens (primary N) is 1. The van der Waals surface area contributed by atoms with Crippen LogP contribution in [0.25, 0.3) is 0 Å². The summed E-state index contributed by atoms with van der Waals surface area (Å²) in [6.07, 6.45) is 9.37. The second-order valence-electron chi connectivity index (χ2n) is 7.80. The van der Waals surface area contributed by atoms with Gasteiger partial charge in [0.05, 0.1) is 0 Å². The first-order valence-electron chi connectivity index (χ1n) is 9.71. The first-order chi connectivity index (χ1) is 11.6. The lowest BCUT2D eigenvalue weighted by Gasteiger charge is -2.23. The Morgan fingerprint density at radius 2 is 1.83 bits per heavy atom. The zero-order chi connectivity index (χ0) is 16.9. The van der Waals surface area contributed by atoms with Crippen molar-refractivity contribution in [2.75, 3.05) is 19.6 Å². The first-order valence-corrected chi connectivity index (χ1v) is 9.71. The van der Waals surface area contributed by atoms with Gasteiger partial charge < -0.3 is 21.3 Å². The molecule has 0 aromatic carbocycles. The molecule has 4 N–H and O–H groups in total. The summed E-state index contributed by atoms with van der Waals surface area (Å²) >= 11 is 0. The van der Waals surface area contributed by atoms with E-state index in [-0.39, 0.29) is 18.0 Å². The van der Waals surface area contributed by atoms with Gasteiger partial charge >= 0.3 is 6.03 Å². The summed E-state index contributed by atoms with van der Waals surface area (Å²) in [6, 6.07) is 0.516. The van der Waals surface area contributed by atoms with Crippen molar-refractivity contribution in [2.45, 2.75) is 69.9 Å². The third kappa shape index (κ3) is 4.41. The van der Waals surface area contributed by atoms with E-state index in [0.29, 0.717) is 37.3 Å². The Hall–Kier alpha value is -1.30. The van der Waals surface area contributed by atoms with Gasteiger partial charge in [-0.25, -0.2) is 4.79 Å². The summed E-state index contributed by atoms with van der Waals surface area (Å²) in [6.45, 7) is 2.28. The van der Waals surface area contributed by atoms with E-state index in [1.54, 1.807) is 0 Å². The molecule has 0 radical (unpaired) electrons. The second-order valence-corrected chi connectivity index (χ2v) is 7.80. The fourth-order valence-corrected chi connectivity index (χ4v) is 4.59. The van der Waals surface area contributed by atoms with Crippen molar-refractivity contribution in [3.05, 3.63) is 0 Å². The summed E-state index contributed by atoms with van der Waals surface area (Å²) in [4.78, 5) is 26.1. The van der Waals surface area contributed by atoms with Gasteiger partial charge in [-0.2, -0.15) is 0 Å². The molecule has 1 saturated heterocycles. The predicted molar refractivity (Wildman–Crippen MR) is 93.4 cm³/mol. The molecule has 0 aromatic heterocycles. The highest BCUT2D eigenvalue weighted by Gasteiger charge is 2.42. The van der Waals surface area contributed by atoms with Crippen LogP contribution in [0.15, 0.2) is 0 Å². The highest BCUT2D eigenvalue weighted by Crippen LogP contribution is 2.37. The molecular weight excluding hydrogens is 304 g/mol. The molecule has 0 bridgehead atoms. The maximum atomic E-state index is 12.3. The topological polar surface area (TPSA) is 87.5 Å². The van der Waals surface area contributed by atoms with E-state index in [9.17, 15) is 9.59 Å². The molecule has 1 aliphatic heterocycles. The number of hydrogen-bond acceptors (Lipinski definition) is 3. The van der Waals surface area contributed by atoms with E-state index in [1.165, 1.54) is 25.7 Å². The predicted octanol–water partition coefficient (Wildman–Crippen LogP) is 1.59. The number of likely N-dealkylation sites (tertiary alicyclic amines) is 1. The lowest BCUT2D eigenvalue weighted by atomic mass is 9.96. The van der Waals surface area contributed by atoms with Crippen LogP contribution in [0.3, 0.4) is 0 Å². The number of hydrogen-bond donors (Lipinski definition) is 3. The quantitative estimate of drug-likeness (QED) is 0.666. The molecule has 6 nitrogen and oxygen atoms in total. The SMILES string of the molecule is NC1CCC2CN(C(=O)CCCNC(=O)NC3CCCCC3)CC12. The molecule has 3 atom stereocenters. The second kappa shape index (κ2) is 8.19. The highest BCUT2D eigenvalue weighted by molar-refractivity contribution is 5.77. The van der Waals surface area contributed by atoms with Crippen LogP contribution in [0.2, 0.25) is 0 Å². The van der Waals surface area contributed by atoms with E-state index in [2.05, 4.69) is 10.6 Å². The first kappa shape index (κ1) is 17.5. The molecule has 24 heavy (non-hydrogen) atoms. The molecule has 3 unspecified atom stereocenters. The number of carbonyl (C=O) groups excluding carboxylic acids is 2. The Kier molecular flexibility index (Phi) is 5.98. The van der Waals surface area contributed by atoms with Gasteiger partial charge in [0, 0.05) is 38.1 Å². The summed E-state index contributed by atoms with van der Waals surface area (Å²) in [5.74, 6) is 1.34. The third-order valence-corrected chi connectivity index (χ3v) is 6.06. The smallest absolute Gasteiger partial charge is 0.315 e. The third-order valence-electron chi connectivity index (χ3n) is 6.06. The molecule has 2 saturated carbocycles. The normalized spacial score (nSPS) is 30.2. The van der Waals surface area contributed by atoms with Gasteiger partial charge in [0.15, 0.2) is 0 Å². The van der Waals surface area contributed by atoms with Gasteiger partial charge in [-0.1, -0.05) is 19.3 Å². The number of fused-ring (bicyclic) bond motifs is 1. The van der Waals surface area contributed by atoms with Crippen LogP contribution in [-0.4, -0.2) is 48.6 Å². The summed E-state index contributed by atoms with van der Waals surface area (Å²) in [5.41, 5.74) is 6.12. The highest BCUT2D eigenvalue weighted by atomic mass is 16.2. The van der Waals surface area contributed by atoms with E-state index < -0.39 is 0 Å². The Morgan fingerprint density at radius 3 is 2.58 bits per heavy atom. The van der Waals surface area contributed by atoms with Crippen molar-refractivity contribution in [1.82, 2.24) is 15.5 Å². The molecule has 3 aliphatic rings. The fraction of sp³-hybridized carbons (Fsp3) is 0.889. The number of nitrogens with zero attached hydrogens (tertiary/aromatic N) is 1. The number of urea groups is 1. The Bertz CT molecular complexity index is 450. The molecule has 3 rings (SSSR count). The van der Waals surface area contributed by atoms with Crippen molar-refractivity contribution < 1.29 is 9.59 Å². The van der Waals surface area contributed by atoms with Crippen LogP contribution in [0, 0.1) is 11.8 Å². The van der Waals surface area contributed by atoms with E-state index >= 15 is 0 Å². The zero-order valence-corrected chi connectivity index (χ0v) is 14.6. The van der Waals surface area contributed by atoms with Gasteiger partial charge in [0.2, 0.25) is 5.91 Å². The van der Waals surface area contributed by atoms with Gasteiger partial charge in [0.1, 0.15) is 0 Å². The van der Waals surface area contributed by atoms with Gasteiger partial charge in [-0.05, 0) is 43.9 Å². The van der Waals surface area contributed by atoms with Crippen LogP contribution in [0.4, 0.5) is 4.79 Å². The van der Waals surface area contributed by atoms with E-state index in [1.807, 2.05) is 4.90 Å². The average molecular weight is 336 g/mol. The lowest BCUT2D eigenvalue weighted by Crippen LogP contribution is -2.43. The lowest BCUT2D eigenvalue weighted by molar-refractivity contribution is -0.130. The largest absolute Gasteiger partial charge is 0.342 e. The number of nitrogens with one attached hydrogen (secondary N) is 2.